The van der Waals surface area contributed by atoms with E-state index in [9.17, 15) is 4.79 Å². The Morgan fingerprint density at radius 1 is 1.24 bits per heavy atom. The molecule has 2 unspecified atom stereocenters. The normalized spacial score (nSPS) is 23.1. The van der Waals surface area contributed by atoms with Gasteiger partial charge in [-0.2, -0.15) is 11.8 Å². The summed E-state index contributed by atoms with van der Waals surface area (Å²) >= 11 is 2.04. The molecule has 138 valence electrons. The Morgan fingerprint density at radius 3 is 2.52 bits per heavy atom. The van der Waals surface area contributed by atoms with Gasteiger partial charge < -0.3 is 11.1 Å². The molecule has 1 aliphatic carbocycles. The lowest BCUT2D eigenvalue weighted by Crippen LogP contribution is -2.57. The van der Waals surface area contributed by atoms with Gasteiger partial charge in [-0.25, -0.2) is 0 Å². The first-order chi connectivity index (χ1) is 12.1. The van der Waals surface area contributed by atoms with E-state index in [0.717, 1.165) is 25.2 Å². The van der Waals surface area contributed by atoms with Crippen LogP contribution in [-0.4, -0.2) is 47.5 Å². The minimum Gasteiger partial charge on any atom is -0.354 e. The molecule has 3 N–H and O–H groups in total. The molecule has 1 amide bonds. The Kier molecular flexibility index (Phi) is 6.42. The Labute approximate surface area is 155 Å². The van der Waals surface area contributed by atoms with Crippen molar-refractivity contribution in [1.82, 2.24) is 10.2 Å². The largest absolute Gasteiger partial charge is 0.354 e. The molecule has 2 fully saturated rings. The van der Waals surface area contributed by atoms with E-state index in [4.69, 9.17) is 5.73 Å². The number of hydrogen-bond donors (Lipinski definition) is 2. The van der Waals surface area contributed by atoms with Crippen LogP contribution in [0.3, 0.4) is 0 Å². The number of nitrogens with one attached hydrogen (secondary N) is 1. The van der Waals surface area contributed by atoms with Crippen molar-refractivity contribution < 1.29 is 4.79 Å². The number of carbonyl (C=O) groups excluding carboxylic acids is 1. The quantitative estimate of drug-likeness (QED) is 0.818. The number of nitrogens with two attached hydrogens (primary N) is 1. The van der Waals surface area contributed by atoms with Crippen molar-refractivity contribution in [2.75, 3.05) is 31.1 Å². The number of benzene rings is 1. The zero-order valence-electron chi connectivity index (χ0n) is 15.2. The van der Waals surface area contributed by atoms with E-state index in [1.165, 1.54) is 37.2 Å². The van der Waals surface area contributed by atoms with Crippen LogP contribution in [-0.2, 0) is 4.79 Å². The maximum absolute atomic E-state index is 12.7. The number of nitrogens with zero attached hydrogens (tertiary/aromatic N) is 1. The highest BCUT2D eigenvalue weighted by atomic mass is 32.2. The highest BCUT2D eigenvalue weighted by Gasteiger charge is 2.40. The van der Waals surface area contributed by atoms with Gasteiger partial charge >= 0.3 is 0 Å². The topological polar surface area (TPSA) is 58.4 Å². The van der Waals surface area contributed by atoms with E-state index >= 15 is 0 Å². The van der Waals surface area contributed by atoms with E-state index in [2.05, 4.69) is 10.2 Å². The van der Waals surface area contributed by atoms with Gasteiger partial charge in [-0.3, -0.25) is 9.69 Å². The molecule has 25 heavy (non-hydrogen) atoms. The number of hydrogen-bond acceptors (Lipinski definition) is 4. The number of amides is 1. The Morgan fingerprint density at radius 2 is 1.88 bits per heavy atom. The zero-order valence-corrected chi connectivity index (χ0v) is 16.1. The van der Waals surface area contributed by atoms with E-state index in [1.54, 1.807) is 0 Å². The molecule has 3 rings (SSSR count). The molecule has 1 saturated heterocycles. The third kappa shape index (κ3) is 4.39. The molecular weight excluding hydrogens is 330 g/mol. The Hall–Kier alpha value is -1.04. The van der Waals surface area contributed by atoms with Gasteiger partial charge in [-0.15, -0.1) is 0 Å². The maximum atomic E-state index is 12.7. The van der Waals surface area contributed by atoms with Crippen LogP contribution in [0.5, 0.6) is 0 Å². The summed E-state index contributed by atoms with van der Waals surface area (Å²) in [7, 11) is 0. The molecule has 0 aromatic heterocycles. The molecule has 2 aliphatic rings. The minimum atomic E-state index is -0.257. The lowest BCUT2D eigenvalue weighted by atomic mass is 9.92. The van der Waals surface area contributed by atoms with Gasteiger partial charge in [0.15, 0.2) is 0 Å². The third-order valence-electron chi connectivity index (χ3n) is 5.94. The molecule has 0 radical (unpaired) electrons. The summed E-state index contributed by atoms with van der Waals surface area (Å²) in [5.41, 5.74) is 7.52. The first kappa shape index (κ1) is 18.7. The highest BCUT2D eigenvalue weighted by molar-refractivity contribution is 7.99. The molecule has 0 spiro atoms. The van der Waals surface area contributed by atoms with Crippen LogP contribution in [0.4, 0.5) is 0 Å². The van der Waals surface area contributed by atoms with Crippen LogP contribution in [0.25, 0.3) is 0 Å². The molecule has 1 aromatic carbocycles. The van der Waals surface area contributed by atoms with E-state index in [-0.39, 0.29) is 23.4 Å². The van der Waals surface area contributed by atoms with Crippen LogP contribution in [0.15, 0.2) is 30.3 Å². The molecule has 1 saturated carbocycles. The molecule has 1 aromatic rings. The van der Waals surface area contributed by atoms with Gasteiger partial charge in [0.2, 0.25) is 5.91 Å². The van der Waals surface area contributed by atoms with Gasteiger partial charge in [0, 0.05) is 42.7 Å². The molecule has 1 heterocycles. The predicted molar refractivity (Wildman–Crippen MR) is 106 cm³/mol. The summed E-state index contributed by atoms with van der Waals surface area (Å²) in [6, 6.07) is 9.66. The first-order valence-corrected chi connectivity index (χ1v) is 10.7. The zero-order chi connectivity index (χ0) is 17.7. The van der Waals surface area contributed by atoms with Crippen LogP contribution in [0.1, 0.15) is 44.2 Å². The SMILES string of the molecule is CC(C(=O)NCC1(N2CCSCC2)CCCC1)C(N)c1ccccc1. The van der Waals surface area contributed by atoms with Crippen molar-refractivity contribution in [2.24, 2.45) is 11.7 Å². The van der Waals surface area contributed by atoms with Crippen LogP contribution < -0.4 is 11.1 Å². The summed E-state index contributed by atoms with van der Waals surface area (Å²) in [5.74, 6) is 2.28. The second-order valence-electron chi connectivity index (χ2n) is 7.47. The Bertz CT molecular complexity index is 553. The number of thioether (sulfide) groups is 1. The monoisotopic (exact) mass is 361 g/mol. The van der Waals surface area contributed by atoms with Gasteiger partial charge in [0.05, 0.1) is 5.92 Å². The summed E-state index contributed by atoms with van der Waals surface area (Å²) in [6.45, 7) is 5.01. The fourth-order valence-electron chi connectivity index (χ4n) is 4.22. The second kappa shape index (κ2) is 8.56. The van der Waals surface area contributed by atoms with Crippen molar-refractivity contribution in [1.29, 1.82) is 0 Å². The summed E-state index contributed by atoms with van der Waals surface area (Å²) in [5, 5.41) is 3.25. The first-order valence-electron chi connectivity index (χ1n) is 9.53. The molecule has 0 bridgehead atoms. The van der Waals surface area contributed by atoms with Crippen LogP contribution in [0, 0.1) is 5.92 Å². The van der Waals surface area contributed by atoms with E-state index in [0.29, 0.717) is 0 Å². The van der Waals surface area contributed by atoms with Crippen molar-refractivity contribution in [2.45, 2.75) is 44.2 Å². The summed E-state index contributed by atoms with van der Waals surface area (Å²) in [4.78, 5) is 15.4. The standard InChI is InChI=1S/C20H31N3OS/c1-16(18(21)17-7-3-2-4-8-17)19(24)22-15-20(9-5-6-10-20)23-11-13-25-14-12-23/h2-4,7-8,16,18H,5-6,9-15,21H2,1H3,(H,22,24). The molecular formula is C20H31N3OS. The average molecular weight is 362 g/mol. The van der Waals surface area contributed by atoms with Crippen molar-refractivity contribution in [3.8, 4) is 0 Å². The second-order valence-corrected chi connectivity index (χ2v) is 8.70. The van der Waals surface area contributed by atoms with Gasteiger partial charge in [0.25, 0.3) is 0 Å². The highest BCUT2D eigenvalue weighted by Crippen LogP contribution is 2.36. The van der Waals surface area contributed by atoms with E-state index < -0.39 is 0 Å². The average Bonchev–Trinajstić information content (AvgIpc) is 3.16. The molecule has 1 aliphatic heterocycles. The lowest BCUT2D eigenvalue weighted by Gasteiger charge is -2.43. The number of rotatable bonds is 6. The maximum Gasteiger partial charge on any atom is 0.224 e. The van der Waals surface area contributed by atoms with Gasteiger partial charge in [-0.05, 0) is 18.4 Å². The van der Waals surface area contributed by atoms with Crippen molar-refractivity contribution in [3.05, 3.63) is 35.9 Å². The predicted octanol–water partition coefficient (Wildman–Crippen LogP) is 2.80. The van der Waals surface area contributed by atoms with Crippen molar-refractivity contribution >= 4 is 17.7 Å². The van der Waals surface area contributed by atoms with Gasteiger partial charge in [-0.1, -0.05) is 50.1 Å². The molecule has 4 nitrogen and oxygen atoms in total. The Balaban J connectivity index is 1.59. The van der Waals surface area contributed by atoms with Crippen LogP contribution >= 0.6 is 11.8 Å². The van der Waals surface area contributed by atoms with Gasteiger partial charge in [0.1, 0.15) is 0 Å². The summed E-state index contributed by atoms with van der Waals surface area (Å²) < 4.78 is 0. The number of carbonyl (C=O) groups is 1. The lowest BCUT2D eigenvalue weighted by molar-refractivity contribution is -0.125. The smallest absolute Gasteiger partial charge is 0.224 e. The minimum absolute atomic E-state index is 0.0778. The van der Waals surface area contributed by atoms with Crippen LogP contribution in [0.2, 0.25) is 0 Å². The molecule has 5 heteroatoms. The van der Waals surface area contributed by atoms with E-state index in [1.807, 2.05) is 49.0 Å². The summed E-state index contributed by atoms with van der Waals surface area (Å²) in [6.07, 6.45) is 4.96. The molecule has 2 atom stereocenters. The fourth-order valence-corrected chi connectivity index (χ4v) is 5.12. The fraction of sp³-hybridized carbons (Fsp3) is 0.650. The third-order valence-corrected chi connectivity index (χ3v) is 6.89. The van der Waals surface area contributed by atoms with Crippen molar-refractivity contribution in [3.63, 3.8) is 0 Å².